The predicted molar refractivity (Wildman–Crippen MR) is 83.3 cm³/mol. The molecule has 0 N–H and O–H groups in total. The maximum atomic E-state index is 6.15. The molecule has 4 nitrogen and oxygen atoms in total. The first-order chi connectivity index (χ1) is 9.61. The van der Waals surface area contributed by atoms with Crippen molar-refractivity contribution in [1.29, 1.82) is 0 Å². The molecule has 1 heterocycles. The van der Waals surface area contributed by atoms with E-state index in [4.69, 9.17) is 16.3 Å². The molecule has 0 amide bonds. The average Bonchev–Trinajstić information content (AvgIpc) is 2.83. The van der Waals surface area contributed by atoms with Crippen molar-refractivity contribution in [2.24, 2.45) is 5.92 Å². The maximum Gasteiger partial charge on any atom is 0.164 e. The van der Waals surface area contributed by atoms with Crippen molar-refractivity contribution in [2.75, 3.05) is 0 Å². The molecule has 0 aliphatic carbocycles. The van der Waals surface area contributed by atoms with Gasteiger partial charge in [-0.1, -0.05) is 47.4 Å². The lowest BCUT2D eigenvalue weighted by Crippen LogP contribution is -2.12. The molecule has 0 unspecified atom stereocenters. The molecule has 108 valence electrons. The first-order valence-electron chi connectivity index (χ1n) is 6.44. The highest BCUT2D eigenvalue weighted by molar-refractivity contribution is 9.08. The van der Waals surface area contributed by atoms with Crippen LogP contribution in [0.25, 0.3) is 0 Å². The second-order valence-corrected chi connectivity index (χ2v) is 5.86. The van der Waals surface area contributed by atoms with Crippen LogP contribution in [0.15, 0.2) is 24.5 Å². The fraction of sp³-hybridized carbons (Fsp3) is 0.429. The van der Waals surface area contributed by atoms with Crippen molar-refractivity contribution in [3.63, 3.8) is 0 Å². The van der Waals surface area contributed by atoms with Crippen LogP contribution in [-0.4, -0.2) is 14.8 Å². The van der Waals surface area contributed by atoms with E-state index in [1.165, 1.54) is 0 Å². The molecule has 0 fully saturated rings. The summed E-state index contributed by atoms with van der Waals surface area (Å²) in [5.74, 6) is 2.10. The molecule has 0 aliphatic heterocycles. The molecule has 0 atom stereocenters. The highest BCUT2D eigenvalue weighted by Gasteiger charge is 2.10. The van der Waals surface area contributed by atoms with Gasteiger partial charge in [-0.2, -0.15) is 5.10 Å². The van der Waals surface area contributed by atoms with Crippen molar-refractivity contribution in [2.45, 2.75) is 32.3 Å². The van der Waals surface area contributed by atoms with E-state index in [-0.39, 0.29) is 0 Å². The Hall–Kier alpha value is -1.07. The van der Waals surface area contributed by atoms with Crippen LogP contribution >= 0.6 is 27.5 Å². The lowest BCUT2D eigenvalue weighted by atomic mass is 10.2. The Labute approximate surface area is 132 Å². The number of hydrogen-bond acceptors (Lipinski definition) is 3. The molecule has 1 aromatic carbocycles. The van der Waals surface area contributed by atoms with Gasteiger partial charge in [-0.05, 0) is 18.1 Å². The van der Waals surface area contributed by atoms with Crippen LogP contribution in [0.4, 0.5) is 0 Å². The molecule has 0 spiro atoms. The number of aromatic nitrogens is 3. The van der Waals surface area contributed by atoms with E-state index in [1.807, 2.05) is 22.9 Å². The SMILES string of the molecule is CC(C)Cn1ncnc1COc1cccc(Cl)c1CBr. The molecular formula is C14H17BrClN3O. The monoisotopic (exact) mass is 357 g/mol. The van der Waals surface area contributed by atoms with Crippen LogP contribution in [0.3, 0.4) is 0 Å². The van der Waals surface area contributed by atoms with E-state index >= 15 is 0 Å². The molecule has 0 saturated heterocycles. The van der Waals surface area contributed by atoms with Crippen molar-refractivity contribution >= 4 is 27.5 Å². The average molecular weight is 359 g/mol. The highest BCUT2D eigenvalue weighted by Crippen LogP contribution is 2.29. The Morgan fingerprint density at radius 1 is 1.40 bits per heavy atom. The van der Waals surface area contributed by atoms with Gasteiger partial charge in [0.15, 0.2) is 5.82 Å². The van der Waals surface area contributed by atoms with Crippen molar-refractivity contribution in [3.05, 3.63) is 40.9 Å². The molecule has 0 saturated carbocycles. The number of benzene rings is 1. The molecule has 2 rings (SSSR count). The predicted octanol–water partition coefficient (Wildman–Crippen LogP) is 4.06. The van der Waals surface area contributed by atoms with Crippen LogP contribution in [0.5, 0.6) is 5.75 Å². The number of nitrogens with zero attached hydrogens (tertiary/aromatic N) is 3. The summed E-state index contributed by atoms with van der Waals surface area (Å²) in [6, 6.07) is 5.64. The van der Waals surface area contributed by atoms with E-state index in [9.17, 15) is 0 Å². The lowest BCUT2D eigenvalue weighted by molar-refractivity contribution is 0.281. The third-order valence-corrected chi connectivity index (χ3v) is 3.71. The van der Waals surface area contributed by atoms with Gasteiger partial charge < -0.3 is 4.74 Å². The minimum absolute atomic E-state index is 0.382. The zero-order valence-corrected chi connectivity index (χ0v) is 13.9. The normalized spacial score (nSPS) is 11.1. The van der Waals surface area contributed by atoms with Gasteiger partial charge in [0.1, 0.15) is 18.7 Å². The summed E-state index contributed by atoms with van der Waals surface area (Å²) in [6.07, 6.45) is 1.56. The van der Waals surface area contributed by atoms with Gasteiger partial charge in [0.2, 0.25) is 0 Å². The number of ether oxygens (including phenoxy) is 1. The summed E-state index contributed by atoms with van der Waals surface area (Å²) >= 11 is 9.57. The van der Waals surface area contributed by atoms with Crippen molar-refractivity contribution in [1.82, 2.24) is 14.8 Å². The summed E-state index contributed by atoms with van der Waals surface area (Å²) in [5, 5.41) is 5.57. The van der Waals surface area contributed by atoms with Crippen LogP contribution in [-0.2, 0) is 18.5 Å². The van der Waals surface area contributed by atoms with E-state index in [0.717, 1.165) is 23.7 Å². The summed E-state index contributed by atoms with van der Waals surface area (Å²) < 4.78 is 7.72. The Morgan fingerprint density at radius 2 is 2.20 bits per heavy atom. The summed E-state index contributed by atoms with van der Waals surface area (Å²) in [5.41, 5.74) is 0.948. The van der Waals surface area contributed by atoms with Gasteiger partial charge in [-0.25, -0.2) is 9.67 Å². The molecular weight excluding hydrogens is 342 g/mol. The van der Waals surface area contributed by atoms with Crippen LogP contribution in [0.1, 0.15) is 25.2 Å². The lowest BCUT2D eigenvalue weighted by Gasteiger charge is -2.12. The summed E-state index contributed by atoms with van der Waals surface area (Å²) in [4.78, 5) is 4.24. The van der Waals surface area contributed by atoms with Crippen LogP contribution < -0.4 is 4.74 Å². The van der Waals surface area contributed by atoms with Gasteiger partial charge in [-0.3, -0.25) is 0 Å². The minimum Gasteiger partial charge on any atom is -0.485 e. The van der Waals surface area contributed by atoms with Crippen molar-refractivity contribution in [3.8, 4) is 5.75 Å². The van der Waals surface area contributed by atoms with Crippen molar-refractivity contribution < 1.29 is 4.74 Å². The Kier molecular flexibility index (Phi) is 5.43. The van der Waals surface area contributed by atoms with Gasteiger partial charge in [0.05, 0.1) is 0 Å². The quantitative estimate of drug-likeness (QED) is 0.731. The van der Waals surface area contributed by atoms with E-state index in [2.05, 4.69) is 39.9 Å². The molecule has 0 bridgehead atoms. The Morgan fingerprint density at radius 3 is 2.90 bits per heavy atom. The Bertz CT molecular complexity index is 571. The fourth-order valence-electron chi connectivity index (χ4n) is 1.84. The minimum atomic E-state index is 0.382. The number of hydrogen-bond donors (Lipinski definition) is 0. The van der Waals surface area contributed by atoms with Gasteiger partial charge in [0, 0.05) is 22.5 Å². The smallest absolute Gasteiger partial charge is 0.164 e. The van der Waals surface area contributed by atoms with Crippen LogP contribution in [0, 0.1) is 5.92 Å². The third kappa shape index (κ3) is 3.73. The summed E-state index contributed by atoms with van der Waals surface area (Å²) in [6.45, 7) is 5.51. The third-order valence-electron chi connectivity index (χ3n) is 2.80. The zero-order chi connectivity index (χ0) is 14.5. The topological polar surface area (TPSA) is 39.9 Å². The maximum absolute atomic E-state index is 6.15. The molecule has 0 aliphatic rings. The number of halogens is 2. The number of alkyl halides is 1. The number of rotatable bonds is 6. The second-order valence-electron chi connectivity index (χ2n) is 4.89. The largest absolute Gasteiger partial charge is 0.485 e. The van der Waals surface area contributed by atoms with E-state index in [1.54, 1.807) is 6.33 Å². The summed E-state index contributed by atoms with van der Waals surface area (Å²) in [7, 11) is 0. The van der Waals surface area contributed by atoms with Crippen LogP contribution in [0.2, 0.25) is 5.02 Å². The molecule has 0 radical (unpaired) electrons. The van der Waals surface area contributed by atoms with E-state index < -0.39 is 0 Å². The molecule has 1 aromatic heterocycles. The molecule has 20 heavy (non-hydrogen) atoms. The Balaban J connectivity index is 2.09. The molecule has 6 heteroatoms. The highest BCUT2D eigenvalue weighted by atomic mass is 79.9. The van der Waals surface area contributed by atoms with E-state index in [0.29, 0.717) is 22.9 Å². The second kappa shape index (κ2) is 7.09. The first kappa shape index (κ1) is 15.3. The first-order valence-corrected chi connectivity index (χ1v) is 7.94. The molecule has 2 aromatic rings. The zero-order valence-electron chi connectivity index (χ0n) is 11.5. The van der Waals surface area contributed by atoms with Gasteiger partial charge >= 0.3 is 0 Å². The standard InChI is InChI=1S/C14H17BrClN3O/c1-10(2)7-19-14(17-9-18-19)8-20-13-5-3-4-12(16)11(13)6-15/h3-5,9-10H,6-8H2,1-2H3. The van der Waals surface area contributed by atoms with Gasteiger partial charge in [0.25, 0.3) is 0 Å². The van der Waals surface area contributed by atoms with Gasteiger partial charge in [-0.15, -0.1) is 0 Å². The fourth-order valence-corrected chi connectivity index (χ4v) is 2.82.